The van der Waals surface area contributed by atoms with Gasteiger partial charge in [0.05, 0.1) is 12.5 Å². The second kappa shape index (κ2) is 5.95. The van der Waals surface area contributed by atoms with E-state index in [0.717, 1.165) is 17.0 Å². The first-order valence-electron chi connectivity index (χ1n) is 6.37. The summed E-state index contributed by atoms with van der Waals surface area (Å²) in [6.45, 7) is 6.20. The Morgan fingerprint density at radius 3 is 2.53 bits per heavy atom. The zero-order chi connectivity index (χ0) is 14.6. The van der Waals surface area contributed by atoms with E-state index < -0.39 is 11.4 Å². The number of aliphatic carboxylic acids is 1. The highest BCUT2D eigenvalue weighted by molar-refractivity contribution is 5.73. The molecule has 0 atom stereocenters. The van der Waals surface area contributed by atoms with Gasteiger partial charge < -0.3 is 14.7 Å². The second-order valence-corrected chi connectivity index (χ2v) is 5.51. The van der Waals surface area contributed by atoms with Gasteiger partial charge in [0.25, 0.3) is 0 Å². The first-order valence-corrected chi connectivity index (χ1v) is 6.37. The Morgan fingerprint density at radius 1 is 1.42 bits per heavy atom. The molecule has 1 aromatic rings. The van der Waals surface area contributed by atoms with Gasteiger partial charge >= 0.3 is 5.97 Å². The monoisotopic (exact) mass is 265 g/mol. The Kier molecular flexibility index (Phi) is 4.81. The molecule has 19 heavy (non-hydrogen) atoms. The number of ether oxygens (including phenoxy) is 1. The maximum atomic E-state index is 11.1. The largest absolute Gasteiger partial charge is 0.496 e. The number of anilines is 1. The van der Waals surface area contributed by atoms with Gasteiger partial charge in [0, 0.05) is 19.3 Å². The molecule has 0 fully saturated rings. The van der Waals surface area contributed by atoms with Crippen molar-refractivity contribution in [3.63, 3.8) is 0 Å². The van der Waals surface area contributed by atoms with Crippen LogP contribution in [0.3, 0.4) is 0 Å². The standard InChI is InChI=1S/C15H23NO3/c1-11-10-12(6-7-13(11)19-5)16(4)9-8-15(2,3)14(17)18/h6-7,10H,8-9H2,1-5H3,(H,17,18). The molecule has 0 aliphatic heterocycles. The number of hydrogen-bond donors (Lipinski definition) is 1. The number of benzene rings is 1. The number of carbonyl (C=O) groups is 1. The fraction of sp³-hybridized carbons (Fsp3) is 0.533. The molecule has 0 saturated carbocycles. The maximum Gasteiger partial charge on any atom is 0.309 e. The van der Waals surface area contributed by atoms with Gasteiger partial charge in [-0.3, -0.25) is 4.79 Å². The number of aryl methyl sites for hydroxylation is 1. The van der Waals surface area contributed by atoms with E-state index in [1.54, 1.807) is 21.0 Å². The SMILES string of the molecule is COc1ccc(N(C)CCC(C)(C)C(=O)O)cc1C. The van der Waals surface area contributed by atoms with Crippen LogP contribution in [0.25, 0.3) is 0 Å². The third-order valence-electron chi connectivity index (χ3n) is 3.47. The Bertz CT molecular complexity index is 455. The summed E-state index contributed by atoms with van der Waals surface area (Å²) in [6, 6.07) is 5.97. The van der Waals surface area contributed by atoms with Crippen LogP contribution in [0.4, 0.5) is 5.69 Å². The van der Waals surface area contributed by atoms with Crippen LogP contribution in [0.5, 0.6) is 5.75 Å². The number of nitrogens with zero attached hydrogens (tertiary/aromatic N) is 1. The van der Waals surface area contributed by atoms with Gasteiger partial charge in [0.2, 0.25) is 0 Å². The molecule has 0 saturated heterocycles. The summed E-state index contributed by atoms with van der Waals surface area (Å²) in [5.74, 6) is 0.106. The van der Waals surface area contributed by atoms with E-state index in [-0.39, 0.29) is 0 Å². The van der Waals surface area contributed by atoms with Gasteiger partial charge in [-0.1, -0.05) is 0 Å². The van der Waals surface area contributed by atoms with E-state index in [4.69, 9.17) is 9.84 Å². The smallest absolute Gasteiger partial charge is 0.309 e. The normalized spacial score (nSPS) is 11.2. The molecule has 0 amide bonds. The van der Waals surface area contributed by atoms with Crippen LogP contribution < -0.4 is 9.64 Å². The summed E-state index contributed by atoms with van der Waals surface area (Å²) >= 11 is 0. The van der Waals surface area contributed by atoms with Crippen molar-refractivity contribution >= 4 is 11.7 Å². The number of hydrogen-bond acceptors (Lipinski definition) is 3. The number of rotatable bonds is 6. The molecule has 0 heterocycles. The van der Waals surface area contributed by atoms with Crippen molar-refractivity contribution in [1.82, 2.24) is 0 Å². The van der Waals surface area contributed by atoms with E-state index in [1.165, 1.54) is 0 Å². The van der Waals surface area contributed by atoms with Crippen LogP contribution in [0, 0.1) is 12.3 Å². The van der Waals surface area contributed by atoms with Gasteiger partial charge in [-0.2, -0.15) is 0 Å². The van der Waals surface area contributed by atoms with Crippen LogP contribution in [-0.4, -0.2) is 31.8 Å². The molecule has 0 aliphatic rings. The van der Waals surface area contributed by atoms with Crippen molar-refractivity contribution in [3.8, 4) is 5.75 Å². The molecule has 0 aromatic heterocycles. The van der Waals surface area contributed by atoms with E-state index in [9.17, 15) is 4.79 Å². The van der Waals surface area contributed by atoms with Gasteiger partial charge in [0.1, 0.15) is 5.75 Å². The minimum absolute atomic E-state index is 0.601. The molecule has 1 N–H and O–H groups in total. The van der Waals surface area contributed by atoms with Crippen molar-refractivity contribution in [1.29, 1.82) is 0 Å². The first-order chi connectivity index (χ1) is 8.77. The van der Waals surface area contributed by atoms with Crippen LogP contribution in [0.1, 0.15) is 25.8 Å². The van der Waals surface area contributed by atoms with Gasteiger partial charge in [-0.05, 0) is 51.0 Å². The molecule has 1 rings (SSSR count). The molecular formula is C15H23NO3. The minimum Gasteiger partial charge on any atom is -0.496 e. The highest BCUT2D eigenvalue weighted by atomic mass is 16.5. The van der Waals surface area contributed by atoms with Crippen molar-refractivity contribution in [2.24, 2.45) is 5.41 Å². The molecule has 1 aromatic carbocycles. The Labute approximate surface area is 115 Å². The first kappa shape index (κ1) is 15.3. The summed E-state index contributed by atoms with van der Waals surface area (Å²) < 4.78 is 5.23. The van der Waals surface area contributed by atoms with Gasteiger partial charge in [-0.25, -0.2) is 0 Å². The van der Waals surface area contributed by atoms with E-state index >= 15 is 0 Å². The lowest BCUT2D eigenvalue weighted by molar-refractivity contribution is -0.147. The summed E-state index contributed by atoms with van der Waals surface area (Å²) in [7, 11) is 3.63. The minimum atomic E-state index is -0.758. The summed E-state index contributed by atoms with van der Waals surface area (Å²) in [5, 5.41) is 9.10. The molecule has 4 nitrogen and oxygen atoms in total. The van der Waals surface area contributed by atoms with Gasteiger partial charge in [0.15, 0.2) is 0 Å². The number of carboxylic acids is 1. The predicted octanol–water partition coefficient (Wildman–Crippen LogP) is 2.94. The van der Waals surface area contributed by atoms with Crippen molar-refractivity contribution < 1.29 is 14.6 Å². The third-order valence-corrected chi connectivity index (χ3v) is 3.47. The van der Waals surface area contributed by atoms with Crippen molar-refractivity contribution in [2.45, 2.75) is 27.2 Å². The quantitative estimate of drug-likeness (QED) is 0.859. The molecule has 0 radical (unpaired) electrons. The van der Waals surface area contributed by atoms with E-state index in [0.29, 0.717) is 13.0 Å². The Hall–Kier alpha value is -1.71. The second-order valence-electron chi connectivity index (χ2n) is 5.51. The molecule has 0 bridgehead atoms. The number of methoxy groups -OCH3 is 1. The van der Waals surface area contributed by atoms with E-state index in [1.807, 2.05) is 32.2 Å². The Balaban J connectivity index is 2.71. The van der Waals surface area contributed by atoms with Crippen LogP contribution in [0.15, 0.2) is 18.2 Å². The lowest BCUT2D eigenvalue weighted by atomic mass is 9.89. The lowest BCUT2D eigenvalue weighted by Gasteiger charge is -2.25. The predicted molar refractivity (Wildman–Crippen MR) is 77.0 cm³/mol. The van der Waals surface area contributed by atoms with Crippen LogP contribution in [-0.2, 0) is 4.79 Å². The number of carboxylic acid groups (broad SMARTS) is 1. The topological polar surface area (TPSA) is 49.8 Å². The molecule has 0 spiro atoms. The highest BCUT2D eigenvalue weighted by Gasteiger charge is 2.27. The van der Waals surface area contributed by atoms with Crippen molar-refractivity contribution in [3.05, 3.63) is 23.8 Å². The zero-order valence-electron chi connectivity index (χ0n) is 12.4. The summed E-state index contributed by atoms with van der Waals surface area (Å²) in [5.41, 5.74) is 1.44. The maximum absolute atomic E-state index is 11.1. The Morgan fingerprint density at radius 2 is 2.05 bits per heavy atom. The van der Waals surface area contributed by atoms with Gasteiger partial charge in [-0.15, -0.1) is 0 Å². The third kappa shape index (κ3) is 3.88. The van der Waals surface area contributed by atoms with Crippen LogP contribution in [0.2, 0.25) is 0 Å². The lowest BCUT2D eigenvalue weighted by Crippen LogP contribution is -2.30. The van der Waals surface area contributed by atoms with E-state index in [2.05, 4.69) is 4.90 Å². The molecule has 0 aliphatic carbocycles. The highest BCUT2D eigenvalue weighted by Crippen LogP contribution is 2.26. The summed E-state index contributed by atoms with van der Waals surface area (Å²) in [4.78, 5) is 13.1. The molecule has 4 heteroatoms. The van der Waals surface area contributed by atoms with Crippen molar-refractivity contribution in [2.75, 3.05) is 25.6 Å². The average Bonchev–Trinajstić information content (AvgIpc) is 2.35. The zero-order valence-corrected chi connectivity index (χ0v) is 12.4. The van der Waals surface area contributed by atoms with Crippen LogP contribution >= 0.6 is 0 Å². The average molecular weight is 265 g/mol. The molecular weight excluding hydrogens is 242 g/mol. The fourth-order valence-electron chi connectivity index (χ4n) is 1.78. The molecule has 106 valence electrons. The fourth-order valence-corrected chi connectivity index (χ4v) is 1.78. The molecule has 0 unspecified atom stereocenters. The summed E-state index contributed by atoms with van der Waals surface area (Å²) in [6.07, 6.45) is 0.601.